The summed E-state index contributed by atoms with van der Waals surface area (Å²) in [5.74, 6) is -0.599. The molecule has 3 N–H and O–H groups in total. The predicted molar refractivity (Wildman–Crippen MR) is 62.9 cm³/mol. The SMILES string of the molecule is Cc1cc(CNC(=O)N[C@@H](C(=O)O)C(C)C)no1. The lowest BCUT2D eigenvalue weighted by atomic mass is 10.1. The summed E-state index contributed by atoms with van der Waals surface area (Å²) in [6.07, 6.45) is 0. The number of carbonyl (C=O) groups is 2. The Kier molecular flexibility index (Phi) is 4.70. The van der Waals surface area contributed by atoms with Gasteiger partial charge < -0.3 is 20.3 Å². The minimum Gasteiger partial charge on any atom is -0.480 e. The van der Waals surface area contributed by atoms with E-state index in [1.165, 1.54) is 0 Å². The molecule has 7 nitrogen and oxygen atoms in total. The smallest absolute Gasteiger partial charge is 0.326 e. The molecule has 100 valence electrons. The van der Waals surface area contributed by atoms with Crippen LogP contribution in [0.3, 0.4) is 0 Å². The highest BCUT2D eigenvalue weighted by Gasteiger charge is 2.23. The Balaban J connectivity index is 2.43. The van der Waals surface area contributed by atoms with Gasteiger partial charge in [0.1, 0.15) is 17.5 Å². The molecule has 0 fully saturated rings. The van der Waals surface area contributed by atoms with Crippen molar-refractivity contribution < 1.29 is 19.2 Å². The van der Waals surface area contributed by atoms with Crippen molar-refractivity contribution >= 4 is 12.0 Å². The molecule has 0 saturated heterocycles. The van der Waals surface area contributed by atoms with E-state index in [2.05, 4.69) is 15.8 Å². The Morgan fingerprint density at radius 1 is 1.50 bits per heavy atom. The number of aryl methyl sites for hydroxylation is 1. The number of carboxylic acids is 1. The number of aromatic nitrogens is 1. The Morgan fingerprint density at radius 2 is 2.17 bits per heavy atom. The van der Waals surface area contributed by atoms with Crippen LogP contribution >= 0.6 is 0 Å². The summed E-state index contributed by atoms with van der Waals surface area (Å²) < 4.78 is 4.84. The number of carbonyl (C=O) groups excluding carboxylic acids is 1. The number of hydrogen-bond acceptors (Lipinski definition) is 4. The third kappa shape index (κ3) is 4.08. The van der Waals surface area contributed by atoms with Crippen molar-refractivity contribution in [3.63, 3.8) is 0 Å². The summed E-state index contributed by atoms with van der Waals surface area (Å²) in [5.41, 5.74) is 0.582. The highest BCUT2D eigenvalue weighted by atomic mass is 16.5. The third-order valence-electron chi connectivity index (χ3n) is 2.33. The first-order chi connectivity index (χ1) is 8.40. The first-order valence-electron chi connectivity index (χ1n) is 5.59. The lowest BCUT2D eigenvalue weighted by Crippen LogP contribution is -2.48. The summed E-state index contributed by atoms with van der Waals surface area (Å²) >= 11 is 0. The molecule has 0 saturated carbocycles. The molecule has 0 unspecified atom stereocenters. The van der Waals surface area contributed by atoms with Crippen LogP contribution in [0.2, 0.25) is 0 Å². The highest BCUT2D eigenvalue weighted by molar-refractivity contribution is 5.82. The fourth-order valence-corrected chi connectivity index (χ4v) is 1.38. The third-order valence-corrected chi connectivity index (χ3v) is 2.33. The van der Waals surface area contributed by atoms with E-state index in [0.29, 0.717) is 11.5 Å². The van der Waals surface area contributed by atoms with Crippen LogP contribution in [-0.2, 0) is 11.3 Å². The molecular formula is C11H17N3O4. The molecule has 0 aliphatic rings. The van der Waals surface area contributed by atoms with E-state index >= 15 is 0 Å². The molecule has 0 spiro atoms. The van der Waals surface area contributed by atoms with Gasteiger partial charge in [0.15, 0.2) is 0 Å². The number of carboxylic acid groups (broad SMARTS) is 1. The number of aliphatic carboxylic acids is 1. The van der Waals surface area contributed by atoms with Gasteiger partial charge in [-0.25, -0.2) is 9.59 Å². The Hall–Kier alpha value is -2.05. The number of urea groups is 1. The molecule has 1 aromatic heterocycles. The summed E-state index contributed by atoms with van der Waals surface area (Å²) in [7, 11) is 0. The van der Waals surface area contributed by atoms with Gasteiger partial charge >= 0.3 is 12.0 Å². The largest absolute Gasteiger partial charge is 0.480 e. The van der Waals surface area contributed by atoms with Crippen LogP contribution in [0.1, 0.15) is 25.3 Å². The van der Waals surface area contributed by atoms with Gasteiger partial charge in [-0.15, -0.1) is 0 Å². The van der Waals surface area contributed by atoms with Gasteiger partial charge in [-0.05, 0) is 12.8 Å². The zero-order valence-corrected chi connectivity index (χ0v) is 10.6. The Morgan fingerprint density at radius 3 is 2.61 bits per heavy atom. The Bertz CT molecular complexity index is 428. The lowest BCUT2D eigenvalue weighted by molar-refractivity contribution is -0.140. The molecule has 1 heterocycles. The van der Waals surface area contributed by atoms with Gasteiger partial charge in [0.25, 0.3) is 0 Å². The molecule has 0 aliphatic carbocycles. The molecule has 18 heavy (non-hydrogen) atoms. The second-order valence-electron chi connectivity index (χ2n) is 4.32. The monoisotopic (exact) mass is 255 g/mol. The van der Waals surface area contributed by atoms with E-state index in [-0.39, 0.29) is 12.5 Å². The van der Waals surface area contributed by atoms with Gasteiger partial charge in [-0.3, -0.25) is 0 Å². The summed E-state index contributed by atoms with van der Waals surface area (Å²) in [4.78, 5) is 22.4. The molecule has 1 rings (SSSR count). The summed E-state index contributed by atoms with van der Waals surface area (Å²) in [5, 5.41) is 17.5. The van der Waals surface area contributed by atoms with Crippen molar-refractivity contribution in [2.75, 3.05) is 0 Å². The maximum Gasteiger partial charge on any atom is 0.326 e. The van der Waals surface area contributed by atoms with Crippen LogP contribution in [0.4, 0.5) is 4.79 Å². The van der Waals surface area contributed by atoms with Gasteiger partial charge in [-0.1, -0.05) is 19.0 Å². The average molecular weight is 255 g/mol. The van der Waals surface area contributed by atoms with Gasteiger partial charge in [0.05, 0.1) is 6.54 Å². The van der Waals surface area contributed by atoms with Crippen molar-refractivity contribution in [2.45, 2.75) is 33.4 Å². The van der Waals surface area contributed by atoms with Crippen molar-refractivity contribution in [1.29, 1.82) is 0 Å². The van der Waals surface area contributed by atoms with Gasteiger partial charge in [0, 0.05) is 6.07 Å². The lowest BCUT2D eigenvalue weighted by Gasteiger charge is -2.17. The van der Waals surface area contributed by atoms with Crippen molar-refractivity contribution in [2.24, 2.45) is 5.92 Å². The van der Waals surface area contributed by atoms with E-state index in [1.807, 2.05) is 0 Å². The normalized spacial score (nSPS) is 12.2. The van der Waals surface area contributed by atoms with Gasteiger partial charge in [-0.2, -0.15) is 0 Å². The second kappa shape index (κ2) is 6.04. The molecule has 1 atom stereocenters. The summed E-state index contributed by atoms with van der Waals surface area (Å²) in [6.45, 7) is 5.38. The second-order valence-corrected chi connectivity index (χ2v) is 4.32. The highest BCUT2D eigenvalue weighted by Crippen LogP contribution is 2.02. The molecule has 0 aliphatic heterocycles. The van der Waals surface area contributed by atoms with Crippen LogP contribution in [0.25, 0.3) is 0 Å². The standard InChI is InChI=1S/C11H17N3O4/c1-6(2)9(10(15)16)13-11(17)12-5-8-4-7(3)18-14-8/h4,6,9H,5H2,1-3H3,(H,15,16)(H2,12,13,17)/t9-/m1/s1. The van der Waals surface area contributed by atoms with E-state index < -0.39 is 18.0 Å². The topological polar surface area (TPSA) is 104 Å². The predicted octanol–water partition coefficient (Wildman–Crippen LogP) is 0.891. The number of nitrogens with one attached hydrogen (secondary N) is 2. The van der Waals surface area contributed by atoms with E-state index in [9.17, 15) is 9.59 Å². The minimum absolute atomic E-state index is 0.188. The number of hydrogen-bond donors (Lipinski definition) is 3. The zero-order chi connectivity index (χ0) is 13.7. The van der Waals surface area contributed by atoms with Crippen LogP contribution < -0.4 is 10.6 Å². The van der Waals surface area contributed by atoms with Crippen molar-refractivity contribution in [3.05, 3.63) is 17.5 Å². The number of amides is 2. The molecule has 0 radical (unpaired) electrons. The molecule has 2 amide bonds. The zero-order valence-electron chi connectivity index (χ0n) is 10.6. The van der Waals surface area contributed by atoms with E-state index in [1.54, 1.807) is 26.8 Å². The first-order valence-corrected chi connectivity index (χ1v) is 5.59. The fourth-order valence-electron chi connectivity index (χ4n) is 1.38. The van der Waals surface area contributed by atoms with Gasteiger partial charge in [0.2, 0.25) is 0 Å². The number of rotatable bonds is 5. The molecule has 1 aromatic rings. The van der Waals surface area contributed by atoms with Crippen molar-refractivity contribution in [1.82, 2.24) is 15.8 Å². The van der Waals surface area contributed by atoms with Crippen LogP contribution in [-0.4, -0.2) is 28.3 Å². The molecule has 7 heteroatoms. The maximum absolute atomic E-state index is 11.5. The molecular weight excluding hydrogens is 238 g/mol. The van der Waals surface area contributed by atoms with Crippen LogP contribution in [0.5, 0.6) is 0 Å². The number of nitrogens with zero attached hydrogens (tertiary/aromatic N) is 1. The summed E-state index contributed by atoms with van der Waals surface area (Å²) in [6, 6.07) is 0.234. The quantitative estimate of drug-likeness (QED) is 0.724. The van der Waals surface area contributed by atoms with Crippen LogP contribution in [0.15, 0.2) is 10.6 Å². The molecule has 0 bridgehead atoms. The van der Waals surface area contributed by atoms with Crippen LogP contribution in [0, 0.1) is 12.8 Å². The van der Waals surface area contributed by atoms with E-state index in [4.69, 9.17) is 9.63 Å². The van der Waals surface area contributed by atoms with E-state index in [0.717, 1.165) is 0 Å². The fraction of sp³-hybridized carbons (Fsp3) is 0.545. The maximum atomic E-state index is 11.5. The van der Waals surface area contributed by atoms with Crippen molar-refractivity contribution in [3.8, 4) is 0 Å². The Labute approximate surface area is 105 Å². The molecule has 0 aromatic carbocycles. The average Bonchev–Trinajstić information content (AvgIpc) is 2.68. The first kappa shape index (κ1) is 14.0. The minimum atomic E-state index is -1.06.